The maximum Gasteiger partial charge on any atom is 0.490 e. The predicted molar refractivity (Wildman–Crippen MR) is 122 cm³/mol. The molecule has 33 heavy (non-hydrogen) atoms. The van der Waals surface area contributed by atoms with Crippen LogP contribution >= 0.6 is 0 Å². The molecule has 2 aromatic rings. The first-order valence-corrected chi connectivity index (χ1v) is 12.2. The van der Waals surface area contributed by atoms with E-state index in [1.807, 2.05) is 12.1 Å². The van der Waals surface area contributed by atoms with Crippen molar-refractivity contribution in [3.63, 3.8) is 0 Å². The predicted octanol–water partition coefficient (Wildman–Crippen LogP) is 4.97. The van der Waals surface area contributed by atoms with Gasteiger partial charge >= 0.3 is 12.1 Å². The Morgan fingerprint density at radius 1 is 1.12 bits per heavy atom. The summed E-state index contributed by atoms with van der Waals surface area (Å²) in [6.45, 7) is 8.17. The summed E-state index contributed by atoms with van der Waals surface area (Å²) in [6.07, 6.45) is 0.0459. The molecule has 0 spiro atoms. The summed E-state index contributed by atoms with van der Waals surface area (Å²) in [7, 11) is -3.26. The van der Waals surface area contributed by atoms with E-state index in [-0.39, 0.29) is 5.75 Å². The largest absolute Gasteiger partial charge is 0.490 e. The number of halogens is 3. The number of hydrogen-bond donors (Lipinski definition) is 1. The Bertz CT molecular complexity index is 1030. The van der Waals surface area contributed by atoms with Gasteiger partial charge in [0.05, 0.1) is 10.6 Å². The molecule has 3 rings (SSSR count). The van der Waals surface area contributed by atoms with Crippen LogP contribution in [0.2, 0.25) is 0 Å². The molecule has 0 radical (unpaired) electrons. The number of hydrogen-bond acceptors (Lipinski definition) is 4. The lowest BCUT2D eigenvalue weighted by Crippen LogP contribution is -2.28. The monoisotopic (exact) mass is 483 g/mol. The van der Waals surface area contributed by atoms with Crippen LogP contribution in [0.15, 0.2) is 66.1 Å². The van der Waals surface area contributed by atoms with Crippen LogP contribution in [0.5, 0.6) is 0 Å². The van der Waals surface area contributed by atoms with E-state index >= 15 is 0 Å². The standard InChI is InChI=1S/C22H27NO2S.C2HF3O2/c1-3-17-26(24,25)22-12-10-21(11-13-22)20-8-6-19(7-9-20)14-16-23-15-4-5-18(23)2;3-2(4,5)1(6)7/h3,6-13,18H,1,4-5,14-17H2,2H3;(H,6,7)/t18-;/m1./s1. The van der Waals surface area contributed by atoms with Crippen LogP contribution in [-0.4, -0.2) is 55.5 Å². The number of nitrogens with zero attached hydrogens (tertiary/aromatic N) is 1. The second-order valence-corrected chi connectivity index (χ2v) is 9.91. The molecule has 1 atom stereocenters. The molecule has 0 unspecified atom stereocenters. The fourth-order valence-electron chi connectivity index (χ4n) is 3.57. The van der Waals surface area contributed by atoms with E-state index in [1.54, 1.807) is 12.1 Å². The van der Waals surface area contributed by atoms with Crippen molar-refractivity contribution in [3.8, 4) is 11.1 Å². The van der Waals surface area contributed by atoms with E-state index in [0.29, 0.717) is 10.9 Å². The molecule has 0 aromatic heterocycles. The second kappa shape index (κ2) is 11.5. The zero-order chi connectivity index (χ0) is 24.6. The van der Waals surface area contributed by atoms with Gasteiger partial charge in [0.2, 0.25) is 0 Å². The van der Waals surface area contributed by atoms with E-state index in [2.05, 4.69) is 42.7 Å². The Morgan fingerprint density at radius 2 is 1.64 bits per heavy atom. The van der Waals surface area contributed by atoms with Crippen LogP contribution in [0, 0.1) is 0 Å². The summed E-state index contributed by atoms with van der Waals surface area (Å²) in [6, 6.07) is 16.4. The molecule has 1 N–H and O–H groups in total. The van der Waals surface area contributed by atoms with Gasteiger partial charge in [-0.25, -0.2) is 13.2 Å². The molecule has 1 fully saturated rings. The highest BCUT2D eigenvalue weighted by molar-refractivity contribution is 7.91. The molecular formula is C24H28F3NO4S. The third kappa shape index (κ3) is 8.01. The SMILES string of the molecule is C=CCS(=O)(=O)c1ccc(-c2ccc(CCN3CCC[C@H]3C)cc2)cc1.O=C(O)C(F)(F)F. The van der Waals surface area contributed by atoms with Crippen LogP contribution in [0.3, 0.4) is 0 Å². The van der Waals surface area contributed by atoms with E-state index in [4.69, 9.17) is 9.90 Å². The third-order valence-corrected chi connectivity index (χ3v) is 7.12. The minimum atomic E-state index is -5.08. The number of carboxylic acids is 1. The van der Waals surface area contributed by atoms with Gasteiger partial charge in [0.15, 0.2) is 9.84 Å². The number of carbonyl (C=O) groups is 1. The lowest BCUT2D eigenvalue weighted by Gasteiger charge is -2.20. The van der Waals surface area contributed by atoms with Crippen LogP contribution in [-0.2, 0) is 21.1 Å². The van der Waals surface area contributed by atoms with Crippen molar-refractivity contribution in [1.29, 1.82) is 0 Å². The number of likely N-dealkylation sites (tertiary alicyclic amines) is 1. The molecular weight excluding hydrogens is 455 g/mol. The van der Waals surface area contributed by atoms with Crippen molar-refractivity contribution in [3.05, 3.63) is 66.7 Å². The summed E-state index contributed by atoms with van der Waals surface area (Å²) in [5, 5.41) is 7.12. The second-order valence-electron chi connectivity index (χ2n) is 7.87. The van der Waals surface area contributed by atoms with Crippen LogP contribution in [0.1, 0.15) is 25.3 Å². The first-order valence-electron chi connectivity index (χ1n) is 10.5. The number of benzene rings is 2. The Balaban J connectivity index is 0.000000479. The summed E-state index contributed by atoms with van der Waals surface area (Å²) in [5.74, 6) is -2.79. The number of carboxylic acid groups (broad SMARTS) is 1. The Kier molecular flexibility index (Phi) is 9.25. The normalized spacial score (nSPS) is 16.7. The Morgan fingerprint density at radius 3 is 2.06 bits per heavy atom. The van der Waals surface area contributed by atoms with Crippen molar-refractivity contribution in [2.75, 3.05) is 18.8 Å². The van der Waals surface area contributed by atoms with E-state index < -0.39 is 22.0 Å². The Hall–Kier alpha value is -2.65. The smallest absolute Gasteiger partial charge is 0.475 e. The van der Waals surface area contributed by atoms with E-state index in [1.165, 1.54) is 31.0 Å². The summed E-state index contributed by atoms with van der Waals surface area (Å²) >= 11 is 0. The average molecular weight is 484 g/mol. The van der Waals surface area contributed by atoms with Crippen molar-refractivity contribution in [2.45, 2.75) is 43.3 Å². The van der Waals surface area contributed by atoms with Crippen LogP contribution < -0.4 is 0 Å². The molecule has 0 aliphatic carbocycles. The maximum absolute atomic E-state index is 12.1. The minimum Gasteiger partial charge on any atom is -0.475 e. The van der Waals surface area contributed by atoms with Gasteiger partial charge in [0, 0.05) is 12.6 Å². The molecule has 9 heteroatoms. The summed E-state index contributed by atoms with van der Waals surface area (Å²) in [5.41, 5.74) is 3.48. The van der Waals surface area contributed by atoms with E-state index in [0.717, 1.165) is 24.1 Å². The molecule has 0 amide bonds. The van der Waals surface area contributed by atoms with Gasteiger partial charge in [0.1, 0.15) is 0 Å². The quantitative estimate of drug-likeness (QED) is 0.563. The van der Waals surface area contributed by atoms with Gasteiger partial charge in [-0.1, -0.05) is 42.5 Å². The highest BCUT2D eigenvalue weighted by Crippen LogP contribution is 2.23. The average Bonchev–Trinajstić information content (AvgIpc) is 3.17. The highest BCUT2D eigenvalue weighted by Gasteiger charge is 2.38. The fraction of sp³-hybridized carbons (Fsp3) is 0.375. The zero-order valence-electron chi connectivity index (χ0n) is 18.4. The molecule has 0 bridgehead atoms. The first kappa shape index (κ1) is 26.6. The van der Waals surface area contributed by atoms with Crippen LogP contribution in [0.25, 0.3) is 11.1 Å². The third-order valence-electron chi connectivity index (χ3n) is 5.46. The molecule has 1 saturated heterocycles. The van der Waals surface area contributed by atoms with Crippen LogP contribution in [0.4, 0.5) is 13.2 Å². The topological polar surface area (TPSA) is 74.7 Å². The van der Waals surface area contributed by atoms with Gasteiger partial charge in [-0.3, -0.25) is 0 Å². The molecule has 180 valence electrons. The van der Waals surface area contributed by atoms with Crippen molar-refractivity contribution < 1.29 is 31.5 Å². The van der Waals surface area contributed by atoms with Gasteiger partial charge in [0.25, 0.3) is 0 Å². The molecule has 1 aliphatic heterocycles. The first-order chi connectivity index (χ1) is 15.4. The van der Waals surface area contributed by atoms with Gasteiger partial charge in [-0.05, 0) is 61.6 Å². The molecule has 1 heterocycles. The number of rotatable bonds is 7. The van der Waals surface area contributed by atoms with Gasteiger partial charge in [-0.15, -0.1) is 6.58 Å². The highest BCUT2D eigenvalue weighted by atomic mass is 32.2. The minimum absolute atomic E-state index is 0.0311. The number of alkyl halides is 3. The number of sulfone groups is 1. The van der Waals surface area contributed by atoms with Crippen molar-refractivity contribution in [2.24, 2.45) is 0 Å². The van der Waals surface area contributed by atoms with Crippen molar-refractivity contribution in [1.82, 2.24) is 4.90 Å². The molecule has 2 aromatic carbocycles. The van der Waals surface area contributed by atoms with Gasteiger partial charge < -0.3 is 10.0 Å². The summed E-state index contributed by atoms with van der Waals surface area (Å²) in [4.78, 5) is 11.8. The molecule has 1 aliphatic rings. The van der Waals surface area contributed by atoms with E-state index in [9.17, 15) is 21.6 Å². The fourth-order valence-corrected chi connectivity index (χ4v) is 4.62. The molecule has 0 saturated carbocycles. The molecule has 5 nitrogen and oxygen atoms in total. The number of aliphatic carboxylic acids is 1. The lowest BCUT2D eigenvalue weighted by atomic mass is 10.0. The van der Waals surface area contributed by atoms with Crippen molar-refractivity contribution >= 4 is 15.8 Å². The Labute approximate surface area is 192 Å². The zero-order valence-corrected chi connectivity index (χ0v) is 19.2. The van der Waals surface area contributed by atoms with Gasteiger partial charge in [-0.2, -0.15) is 13.2 Å². The lowest BCUT2D eigenvalue weighted by molar-refractivity contribution is -0.192. The summed E-state index contributed by atoms with van der Waals surface area (Å²) < 4.78 is 55.8. The maximum atomic E-state index is 12.1.